The normalized spacial score (nSPS) is 14.9. The first-order chi connectivity index (χ1) is 9.80. The van der Waals surface area contributed by atoms with Crippen LogP contribution in [0, 0.1) is 0 Å². The number of carbonyl (C=O) groups excluding carboxylic acids is 1. The third kappa shape index (κ3) is 4.63. The van der Waals surface area contributed by atoms with E-state index in [1.807, 2.05) is 6.92 Å². The Balaban J connectivity index is 2.74. The number of carboxylic acid groups (broad SMARTS) is 1. The lowest BCUT2D eigenvalue weighted by Crippen LogP contribution is -2.55. The van der Waals surface area contributed by atoms with Crippen molar-refractivity contribution in [2.45, 2.75) is 45.3 Å². The molecule has 1 amide bonds. The highest BCUT2D eigenvalue weighted by atomic mass is 35.5. The van der Waals surface area contributed by atoms with Gasteiger partial charge in [-0.3, -0.25) is 4.79 Å². The van der Waals surface area contributed by atoms with Crippen LogP contribution in [0.25, 0.3) is 0 Å². The second-order valence-electron chi connectivity index (χ2n) is 5.07. The van der Waals surface area contributed by atoms with E-state index in [1.54, 1.807) is 31.2 Å². The summed E-state index contributed by atoms with van der Waals surface area (Å²) < 4.78 is 5.47. The number of nitrogens with one attached hydrogen (secondary N) is 1. The van der Waals surface area contributed by atoms with Crippen LogP contribution >= 0.6 is 11.6 Å². The summed E-state index contributed by atoms with van der Waals surface area (Å²) in [7, 11) is 0. The lowest BCUT2D eigenvalue weighted by Gasteiger charge is -2.27. The molecule has 0 aromatic heterocycles. The van der Waals surface area contributed by atoms with Crippen LogP contribution in [-0.4, -0.2) is 28.6 Å². The number of halogens is 1. The number of carbonyl (C=O) groups is 2. The molecular formula is C15H20ClNO4. The predicted molar refractivity (Wildman–Crippen MR) is 80.6 cm³/mol. The monoisotopic (exact) mass is 313 g/mol. The van der Waals surface area contributed by atoms with Crippen LogP contribution < -0.4 is 10.1 Å². The van der Waals surface area contributed by atoms with Gasteiger partial charge in [-0.05, 0) is 32.4 Å². The lowest BCUT2D eigenvalue weighted by molar-refractivity contribution is -0.148. The van der Waals surface area contributed by atoms with Crippen molar-refractivity contribution in [2.75, 3.05) is 0 Å². The van der Waals surface area contributed by atoms with E-state index >= 15 is 0 Å². The number of aliphatic carboxylic acids is 1. The maximum absolute atomic E-state index is 12.1. The van der Waals surface area contributed by atoms with Crippen molar-refractivity contribution in [1.82, 2.24) is 5.32 Å². The molecule has 0 aliphatic carbocycles. The molecule has 0 spiro atoms. The zero-order valence-corrected chi connectivity index (χ0v) is 13.1. The third-order valence-electron chi connectivity index (χ3n) is 3.13. The van der Waals surface area contributed by atoms with Gasteiger partial charge in [-0.15, -0.1) is 0 Å². The highest BCUT2D eigenvalue weighted by Gasteiger charge is 2.35. The molecule has 2 atom stereocenters. The Morgan fingerprint density at radius 3 is 2.57 bits per heavy atom. The molecule has 5 nitrogen and oxygen atoms in total. The van der Waals surface area contributed by atoms with E-state index < -0.39 is 23.5 Å². The Hall–Kier alpha value is -1.75. The fourth-order valence-corrected chi connectivity index (χ4v) is 2.06. The number of carboxylic acids is 1. The quantitative estimate of drug-likeness (QED) is 0.811. The Morgan fingerprint density at radius 2 is 2.05 bits per heavy atom. The molecule has 0 aliphatic rings. The van der Waals surface area contributed by atoms with Gasteiger partial charge >= 0.3 is 5.97 Å². The van der Waals surface area contributed by atoms with E-state index in [0.29, 0.717) is 23.6 Å². The largest absolute Gasteiger partial charge is 0.480 e. The average molecular weight is 314 g/mol. The minimum atomic E-state index is -1.30. The molecule has 0 radical (unpaired) electrons. The van der Waals surface area contributed by atoms with Crippen molar-refractivity contribution in [3.63, 3.8) is 0 Å². The molecule has 0 fully saturated rings. The van der Waals surface area contributed by atoms with Crippen molar-refractivity contribution >= 4 is 23.5 Å². The van der Waals surface area contributed by atoms with Gasteiger partial charge in [0.2, 0.25) is 0 Å². The van der Waals surface area contributed by atoms with E-state index in [1.165, 1.54) is 6.92 Å². The van der Waals surface area contributed by atoms with Gasteiger partial charge < -0.3 is 15.2 Å². The van der Waals surface area contributed by atoms with E-state index in [2.05, 4.69) is 5.32 Å². The Bertz CT molecular complexity index is 520. The van der Waals surface area contributed by atoms with Crippen molar-refractivity contribution in [1.29, 1.82) is 0 Å². The second-order valence-corrected chi connectivity index (χ2v) is 5.47. The van der Waals surface area contributed by atoms with Crippen LogP contribution in [0.3, 0.4) is 0 Å². The topological polar surface area (TPSA) is 75.6 Å². The van der Waals surface area contributed by atoms with Gasteiger partial charge in [0.05, 0.1) is 5.02 Å². The minimum absolute atomic E-state index is 0.340. The minimum Gasteiger partial charge on any atom is -0.480 e. The van der Waals surface area contributed by atoms with Crippen molar-refractivity contribution in [3.05, 3.63) is 29.3 Å². The zero-order chi connectivity index (χ0) is 16.0. The zero-order valence-electron chi connectivity index (χ0n) is 12.4. The summed E-state index contributed by atoms with van der Waals surface area (Å²) >= 11 is 5.96. The Labute approximate surface area is 129 Å². The summed E-state index contributed by atoms with van der Waals surface area (Å²) in [5, 5.41) is 12.2. The maximum atomic E-state index is 12.1. The van der Waals surface area contributed by atoms with Gasteiger partial charge in [0, 0.05) is 0 Å². The second kappa shape index (κ2) is 7.31. The molecule has 0 saturated heterocycles. The highest BCUT2D eigenvalue weighted by Crippen LogP contribution is 2.24. The first kappa shape index (κ1) is 17.3. The molecule has 0 heterocycles. The highest BCUT2D eigenvalue weighted by molar-refractivity contribution is 6.32. The van der Waals surface area contributed by atoms with Crippen molar-refractivity contribution < 1.29 is 19.4 Å². The first-order valence-electron chi connectivity index (χ1n) is 6.76. The van der Waals surface area contributed by atoms with Crippen LogP contribution in [0.4, 0.5) is 0 Å². The van der Waals surface area contributed by atoms with Crippen LogP contribution in [0.2, 0.25) is 5.02 Å². The van der Waals surface area contributed by atoms with Crippen LogP contribution in [0.5, 0.6) is 5.75 Å². The molecule has 0 bridgehead atoms. The summed E-state index contributed by atoms with van der Waals surface area (Å²) in [5.74, 6) is -1.18. The maximum Gasteiger partial charge on any atom is 0.329 e. The SMILES string of the molecule is CCCC(C)(NC(=O)C(C)Oc1ccccc1Cl)C(=O)O. The summed E-state index contributed by atoms with van der Waals surface area (Å²) in [6.45, 7) is 4.89. The van der Waals surface area contributed by atoms with Gasteiger partial charge in [0.15, 0.2) is 6.10 Å². The molecule has 2 unspecified atom stereocenters. The number of amides is 1. The van der Waals surface area contributed by atoms with E-state index in [4.69, 9.17) is 16.3 Å². The van der Waals surface area contributed by atoms with Gasteiger partial charge in [0.25, 0.3) is 5.91 Å². The van der Waals surface area contributed by atoms with Gasteiger partial charge in [-0.25, -0.2) is 4.79 Å². The van der Waals surface area contributed by atoms with Crippen LogP contribution in [-0.2, 0) is 9.59 Å². The molecular weight excluding hydrogens is 294 g/mol. The van der Waals surface area contributed by atoms with E-state index in [0.717, 1.165) is 0 Å². The Morgan fingerprint density at radius 1 is 1.43 bits per heavy atom. The number of para-hydroxylation sites is 1. The number of ether oxygens (including phenoxy) is 1. The predicted octanol–water partition coefficient (Wildman–Crippen LogP) is 2.87. The van der Waals surface area contributed by atoms with Gasteiger partial charge in [0.1, 0.15) is 11.3 Å². The van der Waals surface area contributed by atoms with Crippen LogP contribution in [0.1, 0.15) is 33.6 Å². The number of benzene rings is 1. The van der Waals surface area contributed by atoms with Crippen molar-refractivity contribution in [3.8, 4) is 5.75 Å². The molecule has 1 rings (SSSR count). The molecule has 6 heteroatoms. The third-order valence-corrected chi connectivity index (χ3v) is 3.44. The molecule has 2 N–H and O–H groups in total. The molecule has 116 valence electrons. The summed E-state index contributed by atoms with van der Waals surface area (Å²) in [4.78, 5) is 23.4. The van der Waals surface area contributed by atoms with Gasteiger partial charge in [-0.2, -0.15) is 0 Å². The number of hydrogen-bond acceptors (Lipinski definition) is 3. The standard InChI is InChI=1S/C15H20ClNO4/c1-4-9-15(3,14(19)20)17-13(18)10(2)21-12-8-6-5-7-11(12)16/h5-8,10H,4,9H2,1-3H3,(H,17,18)(H,19,20). The smallest absolute Gasteiger partial charge is 0.329 e. The molecule has 1 aromatic carbocycles. The average Bonchev–Trinajstić information content (AvgIpc) is 2.41. The number of rotatable bonds is 7. The number of hydrogen-bond donors (Lipinski definition) is 2. The van der Waals surface area contributed by atoms with Crippen molar-refractivity contribution in [2.24, 2.45) is 0 Å². The molecule has 0 saturated carbocycles. The fraction of sp³-hybridized carbons (Fsp3) is 0.467. The Kier molecular flexibility index (Phi) is 6.03. The molecule has 1 aromatic rings. The van der Waals surface area contributed by atoms with E-state index in [-0.39, 0.29) is 0 Å². The molecule has 21 heavy (non-hydrogen) atoms. The molecule has 0 aliphatic heterocycles. The summed E-state index contributed by atoms with van der Waals surface area (Å²) in [6.07, 6.45) is 0.135. The summed E-state index contributed by atoms with van der Waals surface area (Å²) in [6, 6.07) is 6.79. The van der Waals surface area contributed by atoms with Gasteiger partial charge in [-0.1, -0.05) is 37.1 Å². The van der Waals surface area contributed by atoms with Crippen LogP contribution in [0.15, 0.2) is 24.3 Å². The fourth-order valence-electron chi connectivity index (χ4n) is 1.88. The van der Waals surface area contributed by atoms with E-state index in [9.17, 15) is 14.7 Å². The summed E-state index contributed by atoms with van der Waals surface area (Å²) in [5.41, 5.74) is -1.30. The lowest BCUT2D eigenvalue weighted by atomic mass is 9.96. The first-order valence-corrected chi connectivity index (χ1v) is 7.14.